The summed E-state index contributed by atoms with van der Waals surface area (Å²) in [7, 11) is 0. The Morgan fingerprint density at radius 1 is 1.10 bits per heavy atom. The first-order valence-electron chi connectivity index (χ1n) is 5.93. The van der Waals surface area contributed by atoms with E-state index >= 15 is 0 Å². The molecule has 0 amide bonds. The molecule has 0 unspecified atom stereocenters. The van der Waals surface area contributed by atoms with Gasteiger partial charge in [0.2, 0.25) is 11.8 Å². The Morgan fingerprint density at radius 2 is 1.81 bits per heavy atom. The minimum Gasteiger partial charge on any atom is -0.478 e. The number of aromatic carboxylic acids is 1. The second kappa shape index (κ2) is 5.34. The Morgan fingerprint density at radius 3 is 2.52 bits per heavy atom. The van der Waals surface area contributed by atoms with E-state index in [1.807, 2.05) is 0 Å². The van der Waals surface area contributed by atoms with Gasteiger partial charge in [-0.2, -0.15) is 0 Å². The van der Waals surface area contributed by atoms with Crippen LogP contribution in [0.5, 0.6) is 0 Å². The van der Waals surface area contributed by atoms with E-state index in [9.17, 15) is 9.90 Å². The molecule has 0 fully saturated rings. The lowest BCUT2D eigenvalue weighted by atomic mass is 10.1. The number of carboxylic acid groups (broad SMARTS) is 1. The van der Waals surface area contributed by atoms with Crippen molar-refractivity contribution in [2.45, 2.75) is 0 Å². The molecule has 21 heavy (non-hydrogen) atoms. The SMILES string of the molecule is O=C(O)c1ccccc1-c1nnc(-c2ccncc2Cl)o1. The molecule has 0 bridgehead atoms. The zero-order chi connectivity index (χ0) is 14.8. The van der Waals surface area contributed by atoms with E-state index in [2.05, 4.69) is 15.2 Å². The number of rotatable bonds is 3. The summed E-state index contributed by atoms with van der Waals surface area (Å²) in [5.74, 6) is -0.735. The fourth-order valence-corrected chi connectivity index (χ4v) is 2.05. The molecule has 3 aromatic rings. The number of halogens is 1. The molecule has 1 aromatic carbocycles. The zero-order valence-corrected chi connectivity index (χ0v) is 11.3. The lowest BCUT2D eigenvalue weighted by Crippen LogP contribution is -1.98. The standard InChI is InChI=1S/C14H8ClN3O3/c15-11-7-16-6-5-10(11)13-18-17-12(21-13)8-3-1-2-4-9(8)14(19)20/h1-7H,(H,19,20). The van der Waals surface area contributed by atoms with Gasteiger partial charge >= 0.3 is 5.97 Å². The molecule has 0 aliphatic carbocycles. The van der Waals surface area contributed by atoms with Gasteiger partial charge in [0.1, 0.15) is 0 Å². The van der Waals surface area contributed by atoms with Crippen LogP contribution in [-0.4, -0.2) is 26.3 Å². The van der Waals surface area contributed by atoms with Crippen molar-refractivity contribution in [3.8, 4) is 22.9 Å². The van der Waals surface area contributed by atoms with Crippen molar-refractivity contribution in [2.24, 2.45) is 0 Å². The van der Waals surface area contributed by atoms with Crippen LogP contribution < -0.4 is 0 Å². The fraction of sp³-hybridized carbons (Fsp3) is 0. The predicted molar refractivity (Wildman–Crippen MR) is 74.9 cm³/mol. The van der Waals surface area contributed by atoms with Crippen LogP contribution in [0.3, 0.4) is 0 Å². The summed E-state index contributed by atoms with van der Waals surface area (Å²) in [6.07, 6.45) is 3.02. The molecule has 0 atom stereocenters. The van der Waals surface area contributed by atoms with Gasteiger partial charge in [0.15, 0.2) is 0 Å². The quantitative estimate of drug-likeness (QED) is 0.799. The molecule has 0 aliphatic rings. The number of hydrogen-bond acceptors (Lipinski definition) is 5. The molecular formula is C14H8ClN3O3. The van der Waals surface area contributed by atoms with Gasteiger partial charge in [0, 0.05) is 12.4 Å². The highest BCUT2D eigenvalue weighted by atomic mass is 35.5. The molecule has 104 valence electrons. The summed E-state index contributed by atoms with van der Waals surface area (Å²) >= 11 is 6.01. The number of aromatic nitrogens is 3. The second-order valence-electron chi connectivity index (χ2n) is 4.12. The van der Waals surface area contributed by atoms with Gasteiger partial charge < -0.3 is 9.52 Å². The molecule has 7 heteroatoms. The Hall–Kier alpha value is -2.73. The van der Waals surface area contributed by atoms with Crippen molar-refractivity contribution in [1.82, 2.24) is 15.2 Å². The molecule has 0 spiro atoms. The predicted octanol–water partition coefficient (Wildman–Crippen LogP) is 3.15. The van der Waals surface area contributed by atoms with E-state index in [1.165, 1.54) is 12.3 Å². The Bertz CT molecular complexity index is 816. The first kappa shape index (κ1) is 13.3. The van der Waals surface area contributed by atoms with Gasteiger partial charge in [0.05, 0.1) is 21.7 Å². The lowest BCUT2D eigenvalue weighted by molar-refractivity contribution is 0.0697. The van der Waals surface area contributed by atoms with Crippen LogP contribution in [-0.2, 0) is 0 Å². The average molecular weight is 302 g/mol. The summed E-state index contributed by atoms with van der Waals surface area (Å²) in [4.78, 5) is 15.1. The number of benzene rings is 1. The van der Waals surface area contributed by atoms with Crippen LogP contribution in [0.1, 0.15) is 10.4 Å². The van der Waals surface area contributed by atoms with Gasteiger partial charge in [-0.05, 0) is 18.2 Å². The maximum atomic E-state index is 11.2. The van der Waals surface area contributed by atoms with Crippen LogP contribution in [0.2, 0.25) is 5.02 Å². The van der Waals surface area contributed by atoms with E-state index < -0.39 is 5.97 Å². The van der Waals surface area contributed by atoms with Crippen molar-refractivity contribution in [3.05, 3.63) is 53.3 Å². The maximum absolute atomic E-state index is 11.2. The smallest absolute Gasteiger partial charge is 0.336 e. The third-order valence-electron chi connectivity index (χ3n) is 2.82. The van der Waals surface area contributed by atoms with Crippen molar-refractivity contribution < 1.29 is 14.3 Å². The van der Waals surface area contributed by atoms with E-state index in [-0.39, 0.29) is 17.3 Å². The molecule has 0 radical (unpaired) electrons. The monoisotopic (exact) mass is 301 g/mol. The summed E-state index contributed by atoms with van der Waals surface area (Å²) in [5.41, 5.74) is 0.987. The Balaban J connectivity index is 2.08. The van der Waals surface area contributed by atoms with Gasteiger partial charge in [-0.1, -0.05) is 23.7 Å². The van der Waals surface area contributed by atoms with Crippen molar-refractivity contribution >= 4 is 17.6 Å². The van der Waals surface area contributed by atoms with Crippen LogP contribution in [0.4, 0.5) is 0 Å². The van der Waals surface area contributed by atoms with E-state index in [4.69, 9.17) is 16.0 Å². The summed E-state index contributed by atoms with van der Waals surface area (Å²) < 4.78 is 5.53. The largest absolute Gasteiger partial charge is 0.478 e. The van der Waals surface area contributed by atoms with Crippen LogP contribution in [0, 0.1) is 0 Å². The second-order valence-corrected chi connectivity index (χ2v) is 4.53. The van der Waals surface area contributed by atoms with Crippen molar-refractivity contribution in [3.63, 3.8) is 0 Å². The van der Waals surface area contributed by atoms with Gasteiger partial charge in [0.25, 0.3) is 0 Å². The fourth-order valence-electron chi connectivity index (χ4n) is 1.85. The summed E-state index contributed by atoms with van der Waals surface area (Å²) in [6, 6.07) is 8.05. The van der Waals surface area contributed by atoms with Gasteiger partial charge in [-0.3, -0.25) is 4.98 Å². The first-order valence-corrected chi connectivity index (χ1v) is 6.30. The van der Waals surface area contributed by atoms with Gasteiger partial charge in [-0.15, -0.1) is 10.2 Å². The third-order valence-corrected chi connectivity index (χ3v) is 3.12. The van der Waals surface area contributed by atoms with Gasteiger partial charge in [-0.25, -0.2) is 4.79 Å². The van der Waals surface area contributed by atoms with Crippen LogP contribution in [0.15, 0.2) is 47.1 Å². The molecule has 0 saturated carbocycles. The normalized spacial score (nSPS) is 10.5. The third kappa shape index (κ3) is 2.48. The minimum atomic E-state index is -1.06. The minimum absolute atomic E-state index is 0.0912. The number of hydrogen-bond donors (Lipinski definition) is 1. The summed E-state index contributed by atoms with van der Waals surface area (Å²) in [5, 5.41) is 17.3. The van der Waals surface area contributed by atoms with E-state index in [1.54, 1.807) is 30.5 Å². The summed E-state index contributed by atoms with van der Waals surface area (Å²) in [6.45, 7) is 0. The number of pyridine rings is 1. The molecule has 2 aromatic heterocycles. The molecular weight excluding hydrogens is 294 g/mol. The van der Waals surface area contributed by atoms with E-state index in [0.717, 1.165) is 0 Å². The molecule has 0 saturated heterocycles. The highest BCUT2D eigenvalue weighted by Gasteiger charge is 2.18. The first-order chi connectivity index (χ1) is 10.2. The molecule has 3 rings (SSSR count). The van der Waals surface area contributed by atoms with Crippen LogP contribution in [0.25, 0.3) is 22.9 Å². The molecule has 6 nitrogen and oxygen atoms in total. The zero-order valence-electron chi connectivity index (χ0n) is 10.5. The van der Waals surface area contributed by atoms with Crippen molar-refractivity contribution in [1.29, 1.82) is 0 Å². The highest BCUT2D eigenvalue weighted by molar-refractivity contribution is 6.32. The molecule has 0 aliphatic heterocycles. The number of nitrogens with zero attached hydrogens (tertiary/aromatic N) is 3. The van der Waals surface area contributed by atoms with Crippen molar-refractivity contribution in [2.75, 3.05) is 0 Å². The topological polar surface area (TPSA) is 89.1 Å². The highest BCUT2D eigenvalue weighted by Crippen LogP contribution is 2.29. The number of carboxylic acids is 1. The molecule has 1 N–H and O–H groups in total. The average Bonchev–Trinajstić information content (AvgIpc) is 2.97. The van der Waals surface area contributed by atoms with Crippen LogP contribution >= 0.6 is 11.6 Å². The van der Waals surface area contributed by atoms with E-state index in [0.29, 0.717) is 16.1 Å². The number of carbonyl (C=O) groups is 1. The lowest BCUT2D eigenvalue weighted by Gasteiger charge is -2.00. The Labute approximate surface area is 124 Å². The Kier molecular flexibility index (Phi) is 3.37. The maximum Gasteiger partial charge on any atom is 0.336 e. The molecule has 2 heterocycles.